The van der Waals surface area contributed by atoms with Gasteiger partial charge in [0.15, 0.2) is 0 Å². The van der Waals surface area contributed by atoms with E-state index in [1.807, 2.05) is 41.2 Å². The van der Waals surface area contributed by atoms with Crippen LogP contribution in [0.25, 0.3) is 0 Å². The summed E-state index contributed by atoms with van der Waals surface area (Å²) in [6.45, 7) is 1.93. The lowest BCUT2D eigenvalue weighted by Crippen LogP contribution is -2.08. The van der Waals surface area contributed by atoms with Crippen LogP contribution in [0, 0.1) is 0 Å². The lowest BCUT2D eigenvalue weighted by Gasteiger charge is -2.06. The Balaban J connectivity index is 1.81. The summed E-state index contributed by atoms with van der Waals surface area (Å²) in [5, 5.41) is 4.09. The van der Waals surface area contributed by atoms with E-state index in [1.54, 1.807) is 6.20 Å². The predicted octanol–water partition coefficient (Wildman–Crippen LogP) is 1.42. The molecule has 2 N–H and O–H groups in total. The number of hydrogen-bond acceptors (Lipinski definition) is 3. The third-order valence-electron chi connectivity index (χ3n) is 2.31. The summed E-state index contributed by atoms with van der Waals surface area (Å²) in [4.78, 5) is 0. The third kappa shape index (κ3) is 2.84. The highest BCUT2D eigenvalue weighted by molar-refractivity contribution is 5.26. The zero-order valence-corrected chi connectivity index (χ0v) is 9.04. The molecule has 0 unspecified atom stereocenters. The number of nitrogens with zero attached hydrogens (tertiary/aromatic N) is 2. The number of benzene rings is 1. The molecular weight excluding hydrogens is 202 g/mol. The summed E-state index contributed by atoms with van der Waals surface area (Å²) in [5.41, 5.74) is 6.62. The first-order valence-corrected chi connectivity index (χ1v) is 5.28. The summed E-state index contributed by atoms with van der Waals surface area (Å²) >= 11 is 0. The number of nitrogens with two attached hydrogens (primary N) is 1. The van der Waals surface area contributed by atoms with Crippen molar-refractivity contribution in [1.29, 1.82) is 0 Å². The van der Waals surface area contributed by atoms with Crippen molar-refractivity contribution in [2.45, 2.75) is 13.1 Å². The standard InChI is InChI=1S/C12H15N3O/c13-10-11-2-4-12(5-3-11)16-9-8-15-7-1-6-14-15/h1-7H,8-10,13H2. The van der Waals surface area contributed by atoms with Crippen molar-refractivity contribution in [2.75, 3.05) is 6.61 Å². The van der Waals surface area contributed by atoms with Crippen molar-refractivity contribution in [3.8, 4) is 5.75 Å². The molecule has 0 atom stereocenters. The molecule has 0 aliphatic heterocycles. The van der Waals surface area contributed by atoms with Crippen molar-refractivity contribution in [2.24, 2.45) is 5.73 Å². The van der Waals surface area contributed by atoms with Gasteiger partial charge >= 0.3 is 0 Å². The van der Waals surface area contributed by atoms with E-state index in [9.17, 15) is 0 Å². The number of rotatable bonds is 5. The van der Waals surface area contributed by atoms with Crippen molar-refractivity contribution >= 4 is 0 Å². The molecule has 0 radical (unpaired) electrons. The number of hydrogen-bond donors (Lipinski definition) is 1. The topological polar surface area (TPSA) is 53.1 Å². The quantitative estimate of drug-likeness (QED) is 0.824. The second kappa shape index (κ2) is 5.32. The van der Waals surface area contributed by atoms with Gasteiger partial charge in [-0.2, -0.15) is 5.10 Å². The molecule has 0 saturated heterocycles. The number of ether oxygens (including phenoxy) is 1. The molecule has 1 aromatic carbocycles. The highest BCUT2D eigenvalue weighted by Crippen LogP contribution is 2.11. The Hall–Kier alpha value is -1.81. The molecule has 0 bridgehead atoms. The van der Waals surface area contributed by atoms with Gasteiger partial charge in [0, 0.05) is 18.9 Å². The van der Waals surface area contributed by atoms with Crippen molar-refractivity contribution in [1.82, 2.24) is 9.78 Å². The fourth-order valence-corrected chi connectivity index (χ4v) is 1.41. The van der Waals surface area contributed by atoms with E-state index in [-0.39, 0.29) is 0 Å². The van der Waals surface area contributed by atoms with E-state index in [0.29, 0.717) is 13.2 Å². The molecular formula is C12H15N3O. The second-order valence-electron chi connectivity index (χ2n) is 3.47. The summed E-state index contributed by atoms with van der Waals surface area (Å²) in [7, 11) is 0. The smallest absolute Gasteiger partial charge is 0.119 e. The van der Waals surface area contributed by atoms with E-state index in [0.717, 1.165) is 17.9 Å². The van der Waals surface area contributed by atoms with E-state index >= 15 is 0 Å². The molecule has 0 aliphatic carbocycles. The van der Waals surface area contributed by atoms with Crippen LogP contribution in [0.1, 0.15) is 5.56 Å². The second-order valence-corrected chi connectivity index (χ2v) is 3.47. The van der Waals surface area contributed by atoms with Gasteiger partial charge in [-0.1, -0.05) is 12.1 Å². The molecule has 0 spiro atoms. The molecule has 0 saturated carbocycles. The summed E-state index contributed by atoms with van der Waals surface area (Å²) in [5.74, 6) is 0.865. The first kappa shape index (κ1) is 10.7. The monoisotopic (exact) mass is 217 g/mol. The van der Waals surface area contributed by atoms with E-state index < -0.39 is 0 Å². The Morgan fingerprint density at radius 3 is 2.69 bits per heavy atom. The lowest BCUT2D eigenvalue weighted by molar-refractivity contribution is 0.291. The van der Waals surface area contributed by atoms with Gasteiger partial charge in [0.25, 0.3) is 0 Å². The van der Waals surface area contributed by atoms with E-state index in [1.165, 1.54) is 0 Å². The average Bonchev–Trinajstić information content (AvgIpc) is 2.83. The molecule has 0 fully saturated rings. The SMILES string of the molecule is NCc1ccc(OCCn2cccn2)cc1. The maximum atomic E-state index is 5.58. The van der Waals surface area contributed by atoms with E-state index in [4.69, 9.17) is 10.5 Å². The lowest BCUT2D eigenvalue weighted by atomic mass is 10.2. The van der Waals surface area contributed by atoms with Crippen LogP contribution in [-0.2, 0) is 13.1 Å². The van der Waals surface area contributed by atoms with Crippen molar-refractivity contribution in [3.05, 3.63) is 48.3 Å². The van der Waals surface area contributed by atoms with Gasteiger partial charge < -0.3 is 10.5 Å². The van der Waals surface area contributed by atoms with Crippen LogP contribution >= 0.6 is 0 Å². The highest BCUT2D eigenvalue weighted by Gasteiger charge is 1.95. The minimum atomic E-state index is 0.563. The van der Waals surface area contributed by atoms with Crippen LogP contribution < -0.4 is 10.5 Å². The highest BCUT2D eigenvalue weighted by atomic mass is 16.5. The molecule has 2 aromatic rings. The Kier molecular flexibility index (Phi) is 3.56. The Morgan fingerprint density at radius 1 is 1.25 bits per heavy atom. The summed E-state index contributed by atoms with van der Waals surface area (Å²) in [6, 6.07) is 9.72. The molecule has 0 aliphatic rings. The van der Waals surface area contributed by atoms with Crippen LogP contribution in [0.5, 0.6) is 5.75 Å². The van der Waals surface area contributed by atoms with Gasteiger partial charge in [-0.3, -0.25) is 4.68 Å². The molecule has 2 rings (SSSR count). The summed E-state index contributed by atoms with van der Waals surface area (Å²) < 4.78 is 7.42. The molecule has 4 heteroatoms. The fourth-order valence-electron chi connectivity index (χ4n) is 1.41. The van der Waals surface area contributed by atoms with E-state index in [2.05, 4.69) is 5.10 Å². The first-order valence-electron chi connectivity index (χ1n) is 5.28. The predicted molar refractivity (Wildman–Crippen MR) is 62.1 cm³/mol. The van der Waals surface area contributed by atoms with Crippen LogP contribution in [0.3, 0.4) is 0 Å². The van der Waals surface area contributed by atoms with Gasteiger partial charge in [0.05, 0.1) is 6.54 Å². The molecule has 1 aromatic heterocycles. The van der Waals surface area contributed by atoms with Crippen LogP contribution in [0.2, 0.25) is 0 Å². The van der Waals surface area contributed by atoms with Crippen molar-refractivity contribution < 1.29 is 4.74 Å². The molecule has 1 heterocycles. The molecule has 4 nitrogen and oxygen atoms in total. The third-order valence-corrected chi connectivity index (χ3v) is 2.31. The van der Waals surface area contributed by atoms with Gasteiger partial charge in [-0.15, -0.1) is 0 Å². The molecule has 84 valence electrons. The van der Waals surface area contributed by atoms with Crippen molar-refractivity contribution in [3.63, 3.8) is 0 Å². The Bertz CT molecular complexity index is 408. The largest absolute Gasteiger partial charge is 0.492 e. The summed E-state index contributed by atoms with van der Waals surface area (Å²) in [6.07, 6.45) is 3.68. The average molecular weight is 217 g/mol. The van der Waals surface area contributed by atoms with Gasteiger partial charge in [0.2, 0.25) is 0 Å². The minimum Gasteiger partial charge on any atom is -0.492 e. The zero-order valence-electron chi connectivity index (χ0n) is 9.04. The van der Waals surface area contributed by atoms with Gasteiger partial charge in [-0.05, 0) is 23.8 Å². The van der Waals surface area contributed by atoms with Crippen LogP contribution in [-0.4, -0.2) is 16.4 Å². The zero-order chi connectivity index (χ0) is 11.2. The first-order chi connectivity index (χ1) is 7.88. The molecule has 16 heavy (non-hydrogen) atoms. The Morgan fingerprint density at radius 2 is 2.06 bits per heavy atom. The molecule has 0 amide bonds. The van der Waals surface area contributed by atoms with Gasteiger partial charge in [0.1, 0.15) is 12.4 Å². The number of aromatic nitrogens is 2. The Labute approximate surface area is 94.6 Å². The maximum Gasteiger partial charge on any atom is 0.119 e. The minimum absolute atomic E-state index is 0.563. The van der Waals surface area contributed by atoms with Crippen LogP contribution in [0.4, 0.5) is 0 Å². The van der Waals surface area contributed by atoms with Gasteiger partial charge in [-0.25, -0.2) is 0 Å². The normalized spacial score (nSPS) is 10.3. The van der Waals surface area contributed by atoms with Crippen LogP contribution in [0.15, 0.2) is 42.7 Å². The maximum absolute atomic E-state index is 5.58. The fraction of sp³-hybridized carbons (Fsp3) is 0.250.